The first kappa shape index (κ1) is 44.4. The largest absolute Gasteiger partial charge is 0.458 e. The normalized spacial score (nSPS) is 41.1. The minimum absolute atomic E-state index is 0.0348. The average Bonchev–Trinajstić information content (AvgIpc) is 3.32. The molecule has 5 heterocycles. The number of fused-ring (bicyclic) bond motifs is 4. The fraction of sp³-hybridized carbons (Fsp3) is 0.756. The number of hydrogen-bond donors (Lipinski definition) is 2. The molecule has 6 rings (SSSR count). The van der Waals surface area contributed by atoms with E-state index in [1.54, 1.807) is 30.0 Å². The maximum Gasteiger partial charge on any atom is 0.410 e. The molecular formula is C41H63N5O11S. The number of amides is 1. The number of nitrogens with one attached hydrogen (secondary N) is 1. The van der Waals surface area contributed by atoms with Crippen LogP contribution in [0.4, 0.5) is 4.79 Å². The van der Waals surface area contributed by atoms with Crippen LogP contribution in [0.25, 0.3) is 0 Å². The lowest BCUT2D eigenvalue weighted by Crippen LogP contribution is -2.60. The van der Waals surface area contributed by atoms with Gasteiger partial charge in [-0.25, -0.2) is 4.79 Å². The van der Waals surface area contributed by atoms with E-state index < -0.39 is 81.9 Å². The Morgan fingerprint density at radius 1 is 1.07 bits per heavy atom. The highest BCUT2D eigenvalue weighted by molar-refractivity contribution is 7.89. The number of ether oxygens (including phenoxy) is 6. The zero-order chi connectivity index (χ0) is 42.3. The summed E-state index contributed by atoms with van der Waals surface area (Å²) in [6.45, 7) is 15.7. The SMILES string of the molecule is CC[C@@H]1OC(=O)[C@H](C)[C@H]2OC/C(=N\NS(=O)(=O)c3ccccc3)CO[C@](C)(C[C@@H](C)C3=NCCN4C(=O)O[C@@]1(C)[C@H]4[C@H]3C)[C@@H](O[C@H]1O[C@@H](C)C[C@@H](N(C)C)[C@@H]1O)[C@@H]2C. The molecule has 16 nitrogen and oxygen atoms in total. The van der Waals surface area contributed by atoms with E-state index >= 15 is 0 Å². The lowest BCUT2D eigenvalue weighted by molar-refractivity contribution is -0.302. The maximum atomic E-state index is 14.5. The van der Waals surface area contributed by atoms with Crippen molar-refractivity contribution in [3.8, 4) is 0 Å². The van der Waals surface area contributed by atoms with Crippen LogP contribution in [-0.4, -0.2) is 147 Å². The number of likely N-dealkylation sites (N-methyl/N-ethyl adjacent to an activating group) is 1. The van der Waals surface area contributed by atoms with Crippen LogP contribution in [0.1, 0.15) is 74.7 Å². The highest BCUT2D eigenvalue weighted by atomic mass is 32.2. The van der Waals surface area contributed by atoms with Crippen molar-refractivity contribution in [2.24, 2.45) is 33.8 Å². The smallest absolute Gasteiger partial charge is 0.410 e. The molecule has 4 bridgehead atoms. The number of aliphatic hydroxyl groups is 1. The molecule has 1 amide bonds. The summed E-state index contributed by atoms with van der Waals surface area (Å²) in [5.74, 6) is -2.63. The van der Waals surface area contributed by atoms with E-state index in [4.69, 9.17) is 33.4 Å². The molecule has 14 atom stereocenters. The molecule has 0 aromatic heterocycles. The van der Waals surface area contributed by atoms with E-state index in [1.807, 2.05) is 60.5 Å². The van der Waals surface area contributed by atoms with Gasteiger partial charge in [0.25, 0.3) is 10.0 Å². The number of esters is 1. The van der Waals surface area contributed by atoms with Crippen LogP contribution in [0, 0.1) is 23.7 Å². The molecular weight excluding hydrogens is 771 g/mol. The number of sulfonamides is 1. The number of nitrogens with zero attached hydrogens (tertiary/aromatic N) is 4. The first-order valence-corrected chi connectivity index (χ1v) is 22.1. The van der Waals surface area contributed by atoms with Crippen molar-refractivity contribution < 1.29 is 51.5 Å². The van der Waals surface area contributed by atoms with Gasteiger partial charge in [0, 0.05) is 30.1 Å². The Morgan fingerprint density at radius 3 is 2.45 bits per heavy atom. The monoisotopic (exact) mass is 833 g/mol. The van der Waals surface area contributed by atoms with Gasteiger partial charge in [-0.1, -0.05) is 45.9 Å². The van der Waals surface area contributed by atoms with E-state index in [9.17, 15) is 23.1 Å². The molecule has 0 saturated carbocycles. The van der Waals surface area contributed by atoms with Crippen LogP contribution >= 0.6 is 0 Å². The molecule has 0 spiro atoms. The van der Waals surface area contributed by atoms with E-state index in [1.165, 1.54) is 12.1 Å². The standard InChI is InChI=1S/C41H63N5O11S/c1-11-31-41(8)35-25(4)32(42-17-18-46(35)39(49)57-41)23(2)20-40(7)36(56-38-33(47)30(45(9)10)19-24(3)54-38)26(5)34(27(6)37(48)55-31)52-21-28(22-53-40)43-44-58(50,51)29-15-13-12-14-16-29/h12-16,23-27,30-31,33-36,38,44,47H,11,17-22H2,1-10H3/b43-28+/t23-,24+,25+,26-,27-,30-,31+,33+,34+,35-,36+,38-,40-,41-/m1/s1. The summed E-state index contributed by atoms with van der Waals surface area (Å²) in [5, 5.41) is 16.1. The molecule has 4 saturated heterocycles. The topological polar surface area (TPSA) is 187 Å². The molecule has 4 fully saturated rings. The van der Waals surface area contributed by atoms with Gasteiger partial charge in [0.2, 0.25) is 0 Å². The predicted molar refractivity (Wildman–Crippen MR) is 215 cm³/mol. The number of carbonyl (C=O) groups excluding carboxylic acids is 2. The van der Waals surface area contributed by atoms with Gasteiger partial charge in [0.1, 0.15) is 12.2 Å². The number of aliphatic imine (C=N–C) groups is 1. The van der Waals surface area contributed by atoms with Crippen molar-refractivity contribution in [2.75, 3.05) is 40.4 Å². The van der Waals surface area contributed by atoms with Gasteiger partial charge in [-0.2, -0.15) is 18.4 Å². The second kappa shape index (κ2) is 17.4. The minimum atomic E-state index is -4.05. The first-order valence-electron chi connectivity index (χ1n) is 20.6. The quantitative estimate of drug-likeness (QED) is 0.301. The number of benzene rings is 1. The molecule has 0 radical (unpaired) electrons. The van der Waals surface area contributed by atoms with Crippen LogP contribution in [0.3, 0.4) is 0 Å². The highest BCUT2D eigenvalue weighted by Gasteiger charge is 2.60. The van der Waals surface area contributed by atoms with Crippen LogP contribution < -0.4 is 4.83 Å². The average molecular weight is 834 g/mol. The number of aliphatic hydroxyl groups excluding tert-OH is 1. The number of cyclic esters (lactones) is 1. The van der Waals surface area contributed by atoms with Crippen molar-refractivity contribution in [1.29, 1.82) is 0 Å². The molecule has 0 aliphatic carbocycles. The summed E-state index contributed by atoms with van der Waals surface area (Å²) in [7, 11) is -0.237. The van der Waals surface area contributed by atoms with Crippen molar-refractivity contribution in [2.45, 2.75) is 140 Å². The fourth-order valence-electron chi connectivity index (χ4n) is 10.0. The Balaban J connectivity index is 1.48. The lowest BCUT2D eigenvalue weighted by Gasteiger charge is -2.48. The summed E-state index contributed by atoms with van der Waals surface area (Å²) < 4.78 is 66.0. The molecule has 5 aliphatic rings. The van der Waals surface area contributed by atoms with E-state index in [0.717, 1.165) is 5.71 Å². The lowest BCUT2D eigenvalue weighted by atomic mass is 9.72. The molecule has 0 unspecified atom stereocenters. The number of hydrogen-bond acceptors (Lipinski definition) is 14. The number of hydrazone groups is 1. The second-order valence-corrected chi connectivity index (χ2v) is 19.1. The Bertz CT molecular complexity index is 1820. The molecule has 5 aliphatic heterocycles. The Morgan fingerprint density at radius 2 is 1.78 bits per heavy atom. The molecule has 1 aromatic rings. The first-order chi connectivity index (χ1) is 27.3. The summed E-state index contributed by atoms with van der Waals surface area (Å²) in [6.07, 6.45) is -4.06. The molecule has 324 valence electrons. The predicted octanol–water partition coefficient (Wildman–Crippen LogP) is 3.61. The van der Waals surface area contributed by atoms with Crippen LogP contribution in [-0.2, 0) is 43.2 Å². The van der Waals surface area contributed by atoms with Gasteiger partial charge in [-0.15, -0.1) is 0 Å². The van der Waals surface area contributed by atoms with E-state index in [0.29, 0.717) is 32.4 Å². The second-order valence-electron chi connectivity index (χ2n) is 17.5. The fourth-order valence-corrected chi connectivity index (χ4v) is 10.9. The van der Waals surface area contributed by atoms with Gasteiger partial charge in [0.05, 0.1) is 66.2 Å². The van der Waals surface area contributed by atoms with Gasteiger partial charge in [-0.05, 0) is 79.1 Å². The highest BCUT2D eigenvalue weighted by Crippen LogP contribution is 2.45. The van der Waals surface area contributed by atoms with Crippen molar-refractivity contribution in [3.05, 3.63) is 30.3 Å². The summed E-state index contributed by atoms with van der Waals surface area (Å²) in [5.41, 5.74) is -1.30. The summed E-state index contributed by atoms with van der Waals surface area (Å²) in [4.78, 5) is 39.1. The van der Waals surface area contributed by atoms with Crippen molar-refractivity contribution >= 4 is 33.5 Å². The third-order valence-electron chi connectivity index (χ3n) is 12.9. The minimum Gasteiger partial charge on any atom is -0.458 e. The third-order valence-corrected chi connectivity index (χ3v) is 14.2. The molecule has 1 aromatic carbocycles. The van der Waals surface area contributed by atoms with Crippen LogP contribution in [0.15, 0.2) is 45.3 Å². The van der Waals surface area contributed by atoms with E-state index in [2.05, 4.69) is 16.9 Å². The Hall–Kier alpha value is -3.19. The van der Waals surface area contributed by atoms with E-state index in [-0.39, 0.29) is 47.8 Å². The maximum absolute atomic E-state index is 14.5. The van der Waals surface area contributed by atoms with Crippen molar-refractivity contribution in [1.82, 2.24) is 14.6 Å². The zero-order valence-corrected chi connectivity index (χ0v) is 36.3. The Labute approximate surface area is 343 Å². The summed E-state index contributed by atoms with van der Waals surface area (Å²) >= 11 is 0. The van der Waals surface area contributed by atoms with Crippen LogP contribution in [0.2, 0.25) is 0 Å². The zero-order valence-electron chi connectivity index (χ0n) is 35.5. The van der Waals surface area contributed by atoms with Gasteiger partial charge >= 0.3 is 12.1 Å². The summed E-state index contributed by atoms with van der Waals surface area (Å²) in [6, 6.07) is 7.16. The van der Waals surface area contributed by atoms with Gasteiger partial charge in [0.15, 0.2) is 11.9 Å². The molecule has 58 heavy (non-hydrogen) atoms. The number of rotatable bonds is 7. The van der Waals surface area contributed by atoms with Gasteiger partial charge < -0.3 is 38.4 Å². The third kappa shape index (κ3) is 8.68. The van der Waals surface area contributed by atoms with Gasteiger partial charge in [-0.3, -0.25) is 14.7 Å². The van der Waals surface area contributed by atoms with Crippen LogP contribution in [0.5, 0.6) is 0 Å². The molecule has 17 heteroatoms. The molecule has 2 N–H and O–H groups in total. The number of carbonyl (C=O) groups is 2. The van der Waals surface area contributed by atoms with Crippen molar-refractivity contribution in [3.63, 3.8) is 0 Å². The Kier molecular flexibility index (Phi) is 13.3.